The van der Waals surface area contributed by atoms with E-state index in [0.717, 1.165) is 107 Å². The Labute approximate surface area is 380 Å². The zero-order valence-corrected chi connectivity index (χ0v) is 39.5. The summed E-state index contributed by atoms with van der Waals surface area (Å²) in [7, 11) is 7.95. The minimum atomic E-state index is -0.164. The number of fused-ring (bicyclic) bond motifs is 2. The van der Waals surface area contributed by atoms with E-state index in [0.29, 0.717) is 28.7 Å². The van der Waals surface area contributed by atoms with Crippen LogP contribution < -0.4 is 29.8 Å². The molecule has 4 aromatic rings. The van der Waals surface area contributed by atoms with Gasteiger partial charge in [0, 0.05) is 103 Å². The summed E-state index contributed by atoms with van der Waals surface area (Å²) in [6.07, 6.45) is 21.7. The van der Waals surface area contributed by atoms with Crippen molar-refractivity contribution in [2.24, 2.45) is 0 Å². The monoisotopic (exact) mass is 928 g/mol. The molecule has 4 fully saturated rings. The molecule has 8 heterocycles. The Morgan fingerprint density at radius 3 is 1.52 bits per heavy atom. The number of piperazine rings is 2. The minimum Gasteiger partial charge on any atom is -0.340 e. The second-order valence-corrected chi connectivity index (χ2v) is 18.3. The molecular weight excluding hydrogens is 864 g/mol. The molecule has 0 spiro atoms. The number of aromatic nitrogens is 8. The highest BCUT2D eigenvalue weighted by Crippen LogP contribution is 2.41. The lowest BCUT2D eigenvalue weighted by Crippen LogP contribution is -2.55. The van der Waals surface area contributed by atoms with Crippen molar-refractivity contribution in [3.63, 3.8) is 0 Å². The van der Waals surface area contributed by atoms with Gasteiger partial charge in [0.2, 0.25) is 29.7 Å². The van der Waals surface area contributed by atoms with E-state index >= 15 is 0 Å². The maximum atomic E-state index is 13.1. The smallest absolute Gasteiger partial charge is 0.249 e. The number of hydrogen-bond donors (Lipinski definition) is 1. The number of halogens is 1. The third-order valence-corrected chi connectivity index (χ3v) is 14.2. The molecule has 18 nitrogen and oxygen atoms in total. The number of likely N-dealkylation sites (N-methyl/N-ethyl adjacent to an activating group) is 4. The van der Waals surface area contributed by atoms with Crippen LogP contribution in [-0.4, -0.2) is 165 Å². The number of imidazole rings is 2. The van der Waals surface area contributed by atoms with Crippen LogP contribution in [0.1, 0.15) is 78.1 Å². The Morgan fingerprint density at radius 2 is 1.08 bits per heavy atom. The third kappa shape index (κ3) is 9.29. The maximum absolute atomic E-state index is 13.1. The highest BCUT2D eigenvalue weighted by Gasteiger charge is 2.43. The van der Waals surface area contributed by atoms with Crippen molar-refractivity contribution in [2.75, 3.05) is 105 Å². The van der Waals surface area contributed by atoms with Crippen LogP contribution in [0.4, 0.5) is 29.0 Å². The van der Waals surface area contributed by atoms with Gasteiger partial charge in [0.05, 0.1) is 12.4 Å². The minimum absolute atomic E-state index is 0.127. The van der Waals surface area contributed by atoms with Crippen molar-refractivity contribution in [3.8, 4) is 11.9 Å². The zero-order chi connectivity index (χ0) is 44.2. The predicted molar refractivity (Wildman–Crippen MR) is 251 cm³/mol. The van der Waals surface area contributed by atoms with Crippen molar-refractivity contribution in [1.29, 1.82) is 0 Å². The van der Waals surface area contributed by atoms with Gasteiger partial charge in [-0.2, -0.15) is 9.97 Å². The molecule has 2 aliphatic carbocycles. The van der Waals surface area contributed by atoms with Gasteiger partial charge >= 0.3 is 0 Å². The van der Waals surface area contributed by atoms with Gasteiger partial charge in [0.15, 0.2) is 16.4 Å². The average molecular weight is 930 g/mol. The zero-order valence-electron chi connectivity index (χ0n) is 37.9. The van der Waals surface area contributed by atoms with Crippen molar-refractivity contribution < 1.29 is 9.59 Å². The number of hydrogen-bond acceptors (Lipinski definition) is 14. The van der Waals surface area contributed by atoms with Crippen LogP contribution in [0.25, 0.3) is 11.9 Å². The van der Waals surface area contributed by atoms with Crippen molar-refractivity contribution >= 4 is 56.7 Å². The molecule has 4 aromatic heterocycles. The molecule has 2 amide bonds. The van der Waals surface area contributed by atoms with Gasteiger partial charge in [-0.25, -0.2) is 19.9 Å². The molecule has 0 bridgehead atoms. The first-order valence-electron chi connectivity index (χ1n) is 23.0. The van der Waals surface area contributed by atoms with Crippen molar-refractivity contribution in [1.82, 2.24) is 54.2 Å². The number of carbonyl (C=O) groups excluding carboxylic acids is 2. The molecule has 2 atom stereocenters. The molecule has 4 aliphatic heterocycles. The summed E-state index contributed by atoms with van der Waals surface area (Å²) in [6, 6.07) is 0.414. The molecule has 0 unspecified atom stereocenters. The highest BCUT2D eigenvalue weighted by molar-refractivity contribution is 9.10. The normalized spacial score (nSPS) is 22.5. The number of anilines is 5. The molecular formula is C44H65BrN16O2. The number of nitrogens with zero attached hydrogens (tertiary/aromatic N) is 15. The van der Waals surface area contributed by atoms with Gasteiger partial charge in [0.25, 0.3) is 0 Å². The standard InChI is InChI=1S/C22H32N8O.C17H21BrN6O.C5H12N2/c1-4-17-20(31)27(3)18-15-24-21(25-19(18)30(17)16-7-5-6-8-16)29-10-9-23-22(29)28-13-11-26(2)12-14-28;1-3-12-15(25)22(2)13-10-20-17(23-9-8-19-16(23)18)21-14(13)24(12)11-6-4-5-7-11;1-7-4-2-6-3-5-7/h9-10,15-17H,4-8,11-14H2,1-3H3;8-12H,3-7H2,1-2H3;6H,2-5H2,1H3/t17-;12-;/m11./s1. The number of nitrogens with one attached hydrogen (secondary N) is 1. The molecule has 2 saturated heterocycles. The summed E-state index contributed by atoms with van der Waals surface area (Å²) >= 11 is 3.42. The summed E-state index contributed by atoms with van der Waals surface area (Å²) in [5, 5.41) is 3.27. The average Bonchev–Trinajstić information content (AvgIpc) is 4.16. The van der Waals surface area contributed by atoms with E-state index in [-0.39, 0.29) is 23.9 Å². The van der Waals surface area contributed by atoms with Gasteiger partial charge in [-0.05, 0) is 68.6 Å². The second kappa shape index (κ2) is 20.0. The first-order chi connectivity index (χ1) is 30.6. The molecule has 0 radical (unpaired) electrons. The Balaban J connectivity index is 0.000000152. The summed E-state index contributed by atoms with van der Waals surface area (Å²) in [5.74, 6) is 4.05. The first-order valence-corrected chi connectivity index (χ1v) is 23.8. The highest BCUT2D eigenvalue weighted by atomic mass is 79.9. The van der Waals surface area contributed by atoms with Crippen LogP contribution in [0, 0.1) is 0 Å². The number of amides is 2. The van der Waals surface area contributed by atoms with E-state index in [2.05, 4.69) is 93.6 Å². The van der Waals surface area contributed by atoms with E-state index < -0.39 is 0 Å². The lowest BCUT2D eigenvalue weighted by molar-refractivity contribution is -0.120. The van der Waals surface area contributed by atoms with Crippen LogP contribution >= 0.6 is 15.9 Å². The Bertz CT molecular complexity index is 2170. The van der Waals surface area contributed by atoms with E-state index in [9.17, 15) is 9.59 Å². The van der Waals surface area contributed by atoms with Crippen LogP contribution in [0.3, 0.4) is 0 Å². The lowest BCUT2D eigenvalue weighted by atomic mass is 10.0. The van der Waals surface area contributed by atoms with Crippen LogP contribution in [0.15, 0.2) is 41.9 Å². The Hall–Kier alpha value is -4.72. The van der Waals surface area contributed by atoms with Crippen molar-refractivity contribution in [3.05, 3.63) is 41.9 Å². The number of rotatable bonds is 7. The molecule has 6 aliphatic rings. The summed E-state index contributed by atoms with van der Waals surface area (Å²) in [4.78, 5) is 68.7. The van der Waals surface area contributed by atoms with Crippen LogP contribution in [-0.2, 0) is 9.59 Å². The SMILES string of the molecule is CC[C@@H]1C(=O)N(C)c2cnc(-n3ccnc3Br)nc2N1C1CCCC1.CC[C@@H]1C(=O)N(C)c2cnc(-n3ccnc3N3CCN(C)CC3)nc2N1C1CCCC1.CN1CCNCC1. The molecule has 10 rings (SSSR count). The predicted octanol–water partition coefficient (Wildman–Crippen LogP) is 4.37. The van der Waals surface area contributed by atoms with Gasteiger partial charge in [-0.1, -0.05) is 39.5 Å². The van der Waals surface area contributed by atoms with E-state index in [4.69, 9.17) is 9.97 Å². The molecule has 1 N–H and O–H groups in total. The van der Waals surface area contributed by atoms with E-state index in [1.165, 1.54) is 38.8 Å². The molecule has 19 heteroatoms. The van der Waals surface area contributed by atoms with Gasteiger partial charge < -0.3 is 39.6 Å². The topological polar surface area (TPSA) is 156 Å². The van der Waals surface area contributed by atoms with Gasteiger partial charge in [-0.3, -0.25) is 18.7 Å². The molecule has 0 aromatic carbocycles. The fraction of sp³-hybridized carbons (Fsp3) is 0.636. The second-order valence-electron chi connectivity index (χ2n) is 17.6. The van der Waals surface area contributed by atoms with E-state index in [1.807, 2.05) is 37.3 Å². The first kappa shape index (κ1) is 44.9. The van der Waals surface area contributed by atoms with Gasteiger partial charge in [0.1, 0.15) is 23.5 Å². The van der Waals surface area contributed by atoms with Crippen LogP contribution in [0.2, 0.25) is 0 Å². The summed E-state index contributed by atoms with van der Waals surface area (Å²) in [5.41, 5.74) is 1.58. The Morgan fingerprint density at radius 1 is 0.619 bits per heavy atom. The van der Waals surface area contributed by atoms with Gasteiger partial charge in [-0.15, -0.1) is 0 Å². The Kier molecular flexibility index (Phi) is 14.2. The lowest BCUT2D eigenvalue weighted by Gasteiger charge is -2.43. The fourth-order valence-corrected chi connectivity index (χ4v) is 10.3. The van der Waals surface area contributed by atoms with E-state index in [1.54, 1.807) is 33.0 Å². The number of carbonyl (C=O) groups is 2. The third-order valence-electron chi connectivity index (χ3n) is 13.6. The fourth-order valence-electron chi connectivity index (χ4n) is 9.88. The summed E-state index contributed by atoms with van der Waals surface area (Å²) < 4.78 is 4.44. The molecule has 340 valence electrons. The van der Waals surface area contributed by atoms with Crippen molar-refractivity contribution in [2.45, 2.75) is 102 Å². The molecule has 2 saturated carbocycles. The molecule has 63 heavy (non-hydrogen) atoms. The maximum Gasteiger partial charge on any atom is 0.249 e. The quantitative estimate of drug-likeness (QED) is 0.279. The summed E-state index contributed by atoms with van der Waals surface area (Å²) in [6.45, 7) is 12.8. The van der Waals surface area contributed by atoms with Crippen LogP contribution in [0.5, 0.6) is 0 Å². The largest absolute Gasteiger partial charge is 0.340 e.